The highest BCUT2D eigenvalue weighted by Gasteiger charge is 2.27. The molecule has 0 aromatic carbocycles. The van der Waals surface area contributed by atoms with E-state index < -0.39 is 0 Å². The van der Waals surface area contributed by atoms with Gasteiger partial charge in [-0.3, -0.25) is 0 Å². The van der Waals surface area contributed by atoms with Crippen LogP contribution in [0.4, 0.5) is 0 Å². The summed E-state index contributed by atoms with van der Waals surface area (Å²) in [6, 6.07) is 0.943. The zero-order chi connectivity index (χ0) is 10.1. The maximum Gasteiger partial charge on any atom is 0.168 e. The van der Waals surface area contributed by atoms with Crippen molar-refractivity contribution in [1.29, 1.82) is 0 Å². The zero-order valence-corrected chi connectivity index (χ0v) is 8.89. The van der Waals surface area contributed by atoms with Crippen LogP contribution in [0.15, 0.2) is 0 Å². The van der Waals surface area contributed by atoms with Gasteiger partial charge in [0.05, 0.1) is 12.1 Å². The summed E-state index contributed by atoms with van der Waals surface area (Å²) in [5.41, 5.74) is 0. The van der Waals surface area contributed by atoms with Gasteiger partial charge in [-0.25, -0.2) is 4.68 Å². The number of nitrogens with one attached hydrogen (secondary N) is 1. The van der Waals surface area contributed by atoms with Crippen molar-refractivity contribution in [2.45, 2.75) is 50.6 Å². The molecule has 5 nitrogen and oxygen atoms in total. The van der Waals surface area contributed by atoms with Crippen molar-refractivity contribution in [2.24, 2.45) is 0 Å². The molecule has 1 aliphatic heterocycles. The monoisotopic (exact) mass is 207 g/mol. The van der Waals surface area contributed by atoms with Gasteiger partial charge in [0, 0.05) is 0 Å². The quantitative estimate of drug-likeness (QED) is 0.792. The first-order chi connectivity index (χ1) is 7.45. The molecule has 0 amide bonds. The minimum Gasteiger partial charge on any atom is -0.307 e. The summed E-state index contributed by atoms with van der Waals surface area (Å²) in [5.74, 6) is 1.06. The van der Waals surface area contributed by atoms with Crippen LogP contribution in [-0.2, 0) is 0 Å². The van der Waals surface area contributed by atoms with Gasteiger partial charge in [0.15, 0.2) is 5.82 Å². The molecule has 1 atom stereocenters. The normalized spacial score (nSPS) is 27.6. The minimum absolute atomic E-state index is 0.389. The van der Waals surface area contributed by atoms with Crippen LogP contribution in [0.1, 0.15) is 56.4 Å². The second-order valence-electron chi connectivity index (χ2n) is 4.57. The first-order valence-corrected chi connectivity index (χ1v) is 5.96. The highest BCUT2D eigenvalue weighted by atomic mass is 15.6. The third-order valence-electron chi connectivity index (χ3n) is 3.56. The van der Waals surface area contributed by atoms with E-state index in [1.54, 1.807) is 0 Å². The van der Waals surface area contributed by atoms with Crippen LogP contribution < -0.4 is 5.32 Å². The Hall–Kier alpha value is -0.970. The summed E-state index contributed by atoms with van der Waals surface area (Å²) in [5, 5.41) is 15.6. The van der Waals surface area contributed by atoms with Crippen LogP contribution in [0.3, 0.4) is 0 Å². The maximum atomic E-state index is 4.18. The third kappa shape index (κ3) is 1.65. The highest BCUT2D eigenvalue weighted by molar-refractivity contribution is 4.97. The van der Waals surface area contributed by atoms with Crippen LogP contribution in [0, 0.1) is 0 Å². The third-order valence-corrected chi connectivity index (χ3v) is 3.56. The molecule has 1 aliphatic carbocycles. The first kappa shape index (κ1) is 9.27. The lowest BCUT2D eigenvalue weighted by Crippen LogP contribution is -2.20. The summed E-state index contributed by atoms with van der Waals surface area (Å²) in [7, 11) is 0. The number of nitrogens with zero attached hydrogens (tertiary/aromatic N) is 4. The van der Waals surface area contributed by atoms with Gasteiger partial charge >= 0.3 is 0 Å². The fourth-order valence-electron chi connectivity index (χ4n) is 2.74. The Morgan fingerprint density at radius 3 is 2.73 bits per heavy atom. The van der Waals surface area contributed by atoms with Gasteiger partial charge in [0.25, 0.3) is 0 Å². The van der Waals surface area contributed by atoms with Gasteiger partial charge in [-0.2, -0.15) is 0 Å². The molecular weight excluding hydrogens is 190 g/mol. The van der Waals surface area contributed by atoms with Gasteiger partial charge < -0.3 is 5.32 Å². The van der Waals surface area contributed by atoms with Crippen LogP contribution in [0.25, 0.3) is 0 Å². The molecule has 0 radical (unpaired) electrons. The molecule has 2 heterocycles. The Kier molecular flexibility index (Phi) is 2.40. The smallest absolute Gasteiger partial charge is 0.168 e. The van der Waals surface area contributed by atoms with E-state index >= 15 is 0 Å². The van der Waals surface area contributed by atoms with Gasteiger partial charge in [0.2, 0.25) is 0 Å². The molecule has 5 heteroatoms. The van der Waals surface area contributed by atoms with E-state index in [0.717, 1.165) is 12.4 Å². The molecule has 1 saturated carbocycles. The van der Waals surface area contributed by atoms with E-state index in [0.29, 0.717) is 12.1 Å². The molecule has 1 unspecified atom stereocenters. The molecule has 82 valence electrons. The van der Waals surface area contributed by atoms with E-state index in [9.17, 15) is 0 Å². The number of hydrogen-bond acceptors (Lipinski definition) is 4. The summed E-state index contributed by atoms with van der Waals surface area (Å²) < 4.78 is 2.07. The summed E-state index contributed by atoms with van der Waals surface area (Å²) in [4.78, 5) is 0. The van der Waals surface area contributed by atoms with E-state index in [-0.39, 0.29) is 0 Å². The standard InChI is InChI=1S/C10H17N5/c1-2-5-8(4-1)15-10(12-13-14-15)9-6-3-7-11-9/h8-9,11H,1-7H2. The van der Waals surface area contributed by atoms with Crippen molar-refractivity contribution in [3.63, 3.8) is 0 Å². The second-order valence-corrected chi connectivity index (χ2v) is 4.57. The SMILES string of the molecule is C1CNC(c2nnnn2C2CCCC2)C1. The Balaban J connectivity index is 1.84. The van der Waals surface area contributed by atoms with Crippen LogP contribution >= 0.6 is 0 Å². The number of tetrazole rings is 1. The fraction of sp³-hybridized carbons (Fsp3) is 0.900. The first-order valence-electron chi connectivity index (χ1n) is 5.96. The van der Waals surface area contributed by atoms with Gasteiger partial charge in [0.1, 0.15) is 0 Å². The minimum atomic E-state index is 0.389. The summed E-state index contributed by atoms with van der Waals surface area (Å²) in [6.45, 7) is 1.10. The molecule has 0 spiro atoms. The second kappa shape index (κ2) is 3.89. The predicted molar refractivity (Wildman–Crippen MR) is 55.3 cm³/mol. The summed E-state index contributed by atoms with van der Waals surface area (Å²) in [6.07, 6.45) is 7.54. The lowest BCUT2D eigenvalue weighted by molar-refractivity contribution is 0.416. The Morgan fingerprint density at radius 2 is 2.00 bits per heavy atom. The molecule has 1 saturated heterocycles. The topological polar surface area (TPSA) is 55.6 Å². The molecular formula is C10H17N5. The largest absolute Gasteiger partial charge is 0.307 e. The van der Waals surface area contributed by atoms with E-state index in [1.807, 2.05) is 0 Å². The van der Waals surface area contributed by atoms with Crippen molar-refractivity contribution >= 4 is 0 Å². The lowest BCUT2D eigenvalue weighted by atomic mass is 10.2. The van der Waals surface area contributed by atoms with Gasteiger partial charge in [-0.1, -0.05) is 12.8 Å². The van der Waals surface area contributed by atoms with E-state index in [1.165, 1.54) is 38.5 Å². The fourth-order valence-corrected chi connectivity index (χ4v) is 2.74. The van der Waals surface area contributed by atoms with Crippen molar-refractivity contribution < 1.29 is 0 Å². The average Bonchev–Trinajstić information content (AvgIpc) is 3.01. The Labute approximate surface area is 89.2 Å². The van der Waals surface area contributed by atoms with Crippen LogP contribution in [-0.4, -0.2) is 26.8 Å². The van der Waals surface area contributed by atoms with Gasteiger partial charge in [-0.05, 0) is 42.7 Å². The number of rotatable bonds is 2. The molecule has 0 bridgehead atoms. The van der Waals surface area contributed by atoms with Gasteiger partial charge in [-0.15, -0.1) is 5.10 Å². The highest BCUT2D eigenvalue weighted by Crippen LogP contribution is 2.31. The van der Waals surface area contributed by atoms with Crippen LogP contribution in [0.5, 0.6) is 0 Å². The maximum absolute atomic E-state index is 4.18. The van der Waals surface area contributed by atoms with E-state index in [4.69, 9.17) is 0 Å². The molecule has 1 aromatic rings. The molecule has 15 heavy (non-hydrogen) atoms. The lowest BCUT2D eigenvalue weighted by Gasteiger charge is -2.14. The molecule has 3 rings (SSSR count). The molecule has 2 fully saturated rings. The van der Waals surface area contributed by atoms with Crippen LogP contribution in [0.2, 0.25) is 0 Å². The Bertz CT molecular complexity index is 292. The Morgan fingerprint density at radius 1 is 1.13 bits per heavy atom. The van der Waals surface area contributed by atoms with E-state index in [2.05, 4.69) is 25.5 Å². The zero-order valence-electron chi connectivity index (χ0n) is 8.89. The van der Waals surface area contributed by atoms with Crippen molar-refractivity contribution in [1.82, 2.24) is 25.5 Å². The molecule has 1 N–H and O–H groups in total. The number of aromatic nitrogens is 4. The van der Waals surface area contributed by atoms with Crippen molar-refractivity contribution in [3.05, 3.63) is 5.82 Å². The molecule has 1 aromatic heterocycles. The average molecular weight is 207 g/mol. The number of hydrogen-bond donors (Lipinski definition) is 1. The van der Waals surface area contributed by atoms with Crippen molar-refractivity contribution in [3.8, 4) is 0 Å². The predicted octanol–water partition coefficient (Wildman–Crippen LogP) is 1.21. The summed E-state index contributed by atoms with van der Waals surface area (Å²) >= 11 is 0. The van der Waals surface area contributed by atoms with Crippen molar-refractivity contribution in [2.75, 3.05) is 6.54 Å². The molecule has 2 aliphatic rings.